The number of nitrogens with two attached hydrogens (primary N) is 1. The standard InChI is InChI=1S/C11H10N4OS/c12-10(17)15-11-13-6-8(9(16)14-11)7-4-2-1-3-5-7/h1-6H,(H4,12,13,14,15,16,17). The second kappa shape index (κ2) is 4.75. The molecule has 2 aromatic rings. The van der Waals surface area contributed by atoms with Crippen molar-refractivity contribution in [2.75, 3.05) is 5.32 Å². The summed E-state index contributed by atoms with van der Waals surface area (Å²) in [4.78, 5) is 18.4. The number of nitrogens with one attached hydrogen (secondary N) is 2. The molecular weight excluding hydrogens is 236 g/mol. The van der Waals surface area contributed by atoms with Gasteiger partial charge in [0.15, 0.2) is 5.11 Å². The molecule has 1 heterocycles. The van der Waals surface area contributed by atoms with Crippen LogP contribution in [0.4, 0.5) is 5.95 Å². The highest BCUT2D eigenvalue weighted by molar-refractivity contribution is 7.80. The van der Waals surface area contributed by atoms with Crippen molar-refractivity contribution in [3.8, 4) is 11.1 Å². The van der Waals surface area contributed by atoms with E-state index in [-0.39, 0.29) is 16.6 Å². The van der Waals surface area contributed by atoms with Crippen molar-refractivity contribution < 1.29 is 0 Å². The Labute approximate surface area is 103 Å². The number of aromatic nitrogens is 2. The molecule has 0 spiro atoms. The van der Waals surface area contributed by atoms with Crippen LogP contribution in [0.25, 0.3) is 11.1 Å². The van der Waals surface area contributed by atoms with Gasteiger partial charge in [0.2, 0.25) is 5.95 Å². The average molecular weight is 246 g/mol. The fraction of sp³-hybridized carbons (Fsp3) is 0. The predicted molar refractivity (Wildman–Crippen MR) is 70.7 cm³/mol. The molecule has 1 aromatic heterocycles. The number of anilines is 1. The molecule has 6 heteroatoms. The largest absolute Gasteiger partial charge is 0.376 e. The molecular formula is C11H10N4OS. The zero-order valence-corrected chi connectivity index (χ0v) is 9.62. The van der Waals surface area contributed by atoms with Gasteiger partial charge in [-0.1, -0.05) is 30.3 Å². The Morgan fingerprint density at radius 3 is 2.65 bits per heavy atom. The molecule has 0 radical (unpaired) electrons. The summed E-state index contributed by atoms with van der Waals surface area (Å²) in [5.41, 5.74) is 6.34. The Balaban J connectivity index is 2.39. The second-order valence-corrected chi connectivity index (χ2v) is 3.77. The summed E-state index contributed by atoms with van der Waals surface area (Å²) in [5.74, 6) is 0.238. The molecule has 0 aliphatic carbocycles. The van der Waals surface area contributed by atoms with Crippen LogP contribution in [-0.4, -0.2) is 15.1 Å². The molecule has 0 fully saturated rings. The van der Waals surface area contributed by atoms with Gasteiger partial charge in [0.1, 0.15) is 0 Å². The van der Waals surface area contributed by atoms with Crippen molar-refractivity contribution in [2.45, 2.75) is 0 Å². The summed E-state index contributed by atoms with van der Waals surface area (Å²) < 4.78 is 0. The summed E-state index contributed by atoms with van der Waals surface area (Å²) >= 11 is 4.65. The first-order valence-electron chi connectivity index (χ1n) is 4.88. The zero-order valence-electron chi connectivity index (χ0n) is 8.81. The molecule has 0 atom stereocenters. The van der Waals surface area contributed by atoms with Gasteiger partial charge in [-0.3, -0.25) is 9.78 Å². The van der Waals surface area contributed by atoms with Crippen molar-refractivity contribution in [1.82, 2.24) is 9.97 Å². The topological polar surface area (TPSA) is 83.8 Å². The Kier molecular flexibility index (Phi) is 3.15. The van der Waals surface area contributed by atoms with E-state index >= 15 is 0 Å². The molecule has 0 saturated heterocycles. The van der Waals surface area contributed by atoms with E-state index in [2.05, 4.69) is 27.5 Å². The van der Waals surface area contributed by atoms with Gasteiger partial charge in [-0.05, 0) is 17.8 Å². The number of hydrogen-bond donors (Lipinski definition) is 3. The highest BCUT2D eigenvalue weighted by Crippen LogP contribution is 2.13. The lowest BCUT2D eigenvalue weighted by atomic mass is 10.1. The highest BCUT2D eigenvalue weighted by atomic mass is 32.1. The highest BCUT2D eigenvalue weighted by Gasteiger charge is 2.04. The Hall–Kier alpha value is -2.21. The van der Waals surface area contributed by atoms with E-state index in [4.69, 9.17) is 5.73 Å². The minimum absolute atomic E-state index is 0.0561. The molecule has 0 amide bonds. The van der Waals surface area contributed by atoms with Crippen LogP contribution in [0.15, 0.2) is 41.3 Å². The molecule has 0 unspecified atom stereocenters. The Bertz CT molecular complexity index is 594. The monoisotopic (exact) mass is 246 g/mol. The number of hydrogen-bond acceptors (Lipinski definition) is 3. The summed E-state index contributed by atoms with van der Waals surface area (Å²) in [7, 11) is 0. The molecule has 0 saturated carbocycles. The van der Waals surface area contributed by atoms with E-state index in [0.29, 0.717) is 5.56 Å². The van der Waals surface area contributed by atoms with E-state index in [1.807, 2.05) is 30.3 Å². The number of rotatable bonds is 2. The maximum Gasteiger partial charge on any atom is 0.260 e. The molecule has 0 aliphatic heterocycles. The number of aromatic amines is 1. The quantitative estimate of drug-likeness (QED) is 0.691. The third-order valence-electron chi connectivity index (χ3n) is 2.13. The predicted octanol–water partition coefficient (Wildman–Crippen LogP) is 1.09. The number of H-pyrrole nitrogens is 1. The summed E-state index contributed by atoms with van der Waals surface area (Å²) in [6, 6.07) is 9.28. The van der Waals surface area contributed by atoms with E-state index in [1.165, 1.54) is 6.20 Å². The zero-order chi connectivity index (χ0) is 12.3. The molecule has 1 aromatic carbocycles. The summed E-state index contributed by atoms with van der Waals surface area (Å²) in [6.07, 6.45) is 1.48. The SMILES string of the molecule is NC(=S)Nc1ncc(-c2ccccc2)c(=O)[nH]1. The van der Waals surface area contributed by atoms with Crippen LogP contribution in [0, 0.1) is 0 Å². The fourth-order valence-corrected chi connectivity index (χ4v) is 1.50. The first kappa shape index (κ1) is 11.3. The van der Waals surface area contributed by atoms with Gasteiger partial charge >= 0.3 is 0 Å². The van der Waals surface area contributed by atoms with Gasteiger partial charge in [-0.2, -0.15) is 0 Å². The van der Waals surface area contributed by atoms with Crippen LogP contribution in [-0.2, 0) is 0 Å². The van der Waals surface area contributed by atoms with Crippen molar-refractivity contribution in [3.05, 3.63) is 46.9 Å². The van der Waals surface area contributed by atoms with Crippen LogP contribution in [0.1, 0.15) is 0 Å². The maximum atomic E-state index is 11.8. The lowest BCUT2D eigenvalue weighted by Gasteiger charge is -2.04. The van der Waals surface area contributed by atoms with Crippen LogP contribution in [0.5, 0.6) is 0 Å². The first-order valence-corrected chi connectivity index (χ1v) is 5.29. The average Bonchev–Trinajstić information content (AvgIpc) is 2.29. The van der Waals surface area contributed by atoms with E-state index in [1.54, 1.807) is 0 Å². The molecule has 4 N–H and O–H groups in total. The summed E-state index contributed by atoms with van der Waals surface area (Å²) in [5, 5.41) is 2.62. The molecule has 86 valence electrons. The summed E-state index contributed by atoms with van der Waals surface area (Å²) in [6.45, 7) is 0. The molecule has 2 rings (SSSR count). The van der Waals surface area contributed by atoms with Crippen molar-refractivity contribution in [1.29, 1.82) is 0 Å². The second-order valence-electron chi connectivity index (χ2n) is 3.33. The minimum atomic E-state index is -0.245. The van der Waals surface area contributed by atoms with Gasteiger partial charge in [0.05, 0.1) is 5.56 Å². The van der Waals surface area contributed by atoms with Crippen LogP contribution < -0.4 is 16.6 Å². The lowest BCUT2D eigenvalue weighted by molar-refractivity contribution is 1.13. The Morgan fingerprint density at radius 1 is 1.35 bits per heavy atom. The van der Waals surface area contributed by atoms with E-state index in [9.17, 15) is 4.79 Å². The maximum absolute atomic E-state index is 11.8. The van der Waals surface area contributed by atoms with Gasteiger partial charge in [-0.15, -0.1) is 0 Å². The van der Waals surface area contributed by atoms with Gasteiger partial charge in [0, 0.05) is 6.20 Å². The normalized spacial score (nSPS) is 9.88. The first-order chi connectivity index (χ1) is 8.16. The molecule has 17 heavy (non-hydrogen) atoms. The van der Waals surface area contributed by atoms with Crippen molar-refractivity contribution >= 4 is 23.3 Å². The van der Waals surface area contributed by atoms with Crippen LogP contribution in [0.3, 0.4) is 0 Å². The van der Waals surface area contributed by atoms with Gasteiger partial charge < -0.3 is 11.1 Å². The van der Waals surface area contributed by atoms with Crippen LogP contribution in [0.2, 0.25) is 0 Å². The van der Waals surface area contributed by atoms with Gasteiger partial charge in [-0.25, -0.2) is 4.98 Å². The van der Waals surface area contributed by atoms with Crippen molar-refractivity contribution in [3.63, 3.8) is 0 Å². The third kappa shape index (κ3) is 2.67. The van der Waals surface area contributed by atoms with E-state index < -0.39 is 0 Å². The molecule has 0 bridgehead atoms. The lowest BCUT2D eigenvalue weighted by Crippen LogP contribution is -2.23. The fourth-order valence-electron chi connectivity index (χ4n) is 1.40. The number of benzene rings is 1. The third-order valence-corrected chi connectivity index (χ3v) is 2.23. The molecule has 0 aliphatic rings. The minimum Gasteiger partial charge on any atom is -0.376 e. The smallest absolute Gasteiger partial charge is 0.260 e. The number of nitrogens with zero attached hydrogens (tertiary/aromatic N) is 1. The van der Waals surface area contributed by atoms with E-state index in [0.717, 1.165) is 5.56 Å². The molecule has 5 nitrogen and oxygen atoms in total. The van der Waals surface area contributed by atoms with Gasteiger partial charge in [0.25, 0.3) is 5.56 Å². The van der Waals surface area contributed by atoms with Crippen molar-refractivity contribution in [2.24, 2.45) is 5.73 Å². The van der Waals surface area contributed by atoms with Crippen LogP contribution >= 0.6 is 12.2 Å². The number of thiocarbonyl (C=S) groups is 1. The Morgan fingerprint density at radius 2 is 2.06 bits per heavy atom.